The minimum atomic E-state index is 0. The van der Waals surface area contributed by atoms with Crippen molar-refractivity contribution in [1.29, 1.82) is 0 Å². The molecule has 1 unspecified atom stereocenters. The molecular formula is C17H33IN4. The molecule has 0 aromatic heterocycles. The van der Waals surface area contributed by atoms with Crippen molar-refractivity contribution in [2.24, 2.45) is 10.4 Å². The van der Waals surface area contributed by atoms with Gasteiger partial charge in [0.1, 0.15) is 0 Å². The molecule has 1 N–H and O–H groups in total. The lowest BCUT2D eigenvalue weighted by Gasteiger charge is -2.29. The summed E-state index contributed by atoms with van der Waals surface area (Å²) in [7, 11) is 4.19. The van der Waals surface area contributed by atoms with Gasteiger partial charge in [-0.2, -0.15) is 0 Å². The normalized spacial score (nSPS) is 25.6. The lowest BCUT2D eigenvalue weighted by molar-refractivity contribution is 0.245. The zero-order chi connectivity index (χ0) is 14.9. The van der Waals surface area contributed by atoms with Crippen LogP contribution in [-0.2, 0) is 0 Å². The van der Waals surface area contributed by atoms with Gasteiger partial charge in [0.25, 0.3) is 0 Å². The fourth-order valence-corrected chi connectivity index (χ4v) is 4.21. The molecule has 3 rings (SSSR count). The molecule has 3 fully saturated rings. The van der Waals surface area contributed by atoms with Crippen LogP contribution in [0.15, 0.2) is 4.99 Å². The maximum absolute atomic E-state index is 4.53. The third kappa shape index (κ3) is 4.08. The van der Waals surface area contributed by atoms with Gasteiger partial charge in [-0.05, 0) is 51.5 Å². The Kier molecular flexibility index (Phi) is 6.39. The smallest absolute Gasteiger partial charge is 0.193 e. The number of likely N-dealkylation sites (N-methyl/N-ethyl adjacent to an activating group) is 1. The summed E-state index contributed by atoms with van der Waals surface area (Å²) in [6.07, 6.45) is 9.86. The number of nitrogens with zero attached hydrogens (tertiary/aromatic N) is 3. The number of guanidine groups is 1. The monoisotopic (exact) mass is 420 g/mol. The van der Waals surface area contributed by atoms with Crippen molar-refractivity contribution in [1.82, 2.24) is 15.1 Å². The van der Waals surface area contributed by atoms with E-state index in [1.54, 1.807) is 0 Å². The molecule has 4 nitrogen and oxygen atoms in total. The van der Waals surface area contributed by atoms with Gasteiger partial charge < -0.3 is 10.2 Å². The van der Waals surface area contributed by atoms with Crippen molar-refractivity contribution < 1.29 is 0 Å². The van der Waals surface area contributed by atoms with Crippen molar-refractivity contribution in [2.75, 3.05) is 33.7 Å². The molecule has 5 heteroatoms. The van der Waals surface area contributed by atoms with Gasteiger partial charge in [-0.3, -0.25) is 9.89 Å². The number of aliphatic imine (C=N–C) groups is 1. The van der Waals surface area contributed by atoms with E-state index in [1.165, 1.54) is 58.0 Å². The van der Waals surface area contributed by atoms with Crippen LogP contribution in [0.2, 0.25) is 0 Å². The van der Waals surface area contributed by atoms with Crippen molar-refractivity contribution in [3.8, 4) is 0 Å². The van der Waals surface area contributed by atoms with Crippen LogP contribution in [0.4, 0.5) is 0 Å². The Morgan fingerprint density at radius 2 is 2.00 bits per heavy atom. The van der Waals surface area contributed by atoms with Crippen LogP contribution in [0, 0.1) is 5.41 Å². The van der Waals surface area contributed by atoms with E-state index in [0.717, 1.165) is 18.5 Å². The van der Waals surface area contributed by atoms with Crippen LogP contribution >= 0.6 is 24.0 Å². The minimum Gasteiger partial charge on any atom is -0.355 e. The van der Waals surface area contributed by atoms with Gasteiger partial charge in [0.2, 0.25) is 0 Å². The molecule has 2 saturated carbocycles. The molecular weight excluding hydrogens is 387 g/mol. The minimum absolute atomic E-state index is 0. The first kappa shape index (κ1) is 18.3. The Labute approximate surface area is 153 Å². The molecule has 1 saturated heterocycles. The van der Waals surface area contributed by atoms with Crippen molar-refractivity contribution in [3.05, 3.63) is 0 Å². The van der Waals surface area contributed by atoms with E-state index in [1.807, 2.05) is 7.05 Å². The molecule has 3 aliphatic rings. The number of rotatable bonds is 4. The summed E-state index contributed by atoms with van der Waals surface area (Å²) < 4.78 is 0. The van der Waals surface area contributed by atoms with E-state index < -0.39 is 0 Å². The molecule has 128 valence electrons. The van der Waals surface area contributed by atoms with Crippen molar-refractivity contribution in [2.45, 2.75) is 64.0 Å². The Hall–Kier alpha value is -0.0400. The van der Waals surface area contributed by atoms with Gasteiger partial charge in [-0.25, -0.2) is 0 Å². The molecule has 22 heavy (non-hydrogen) atoms. The third-order valence-electron chi connectivity index (χ3n) is 5.99. The average Bonchev–Trinajstić information content (AvgIpc) is 3.12. The summed E-state index contributed by atoms with van der Waals surface area (Å²) in [6.45, 7) is 5.73. The van der Waals surface area contributed by atoms with Crippen molar-refractivity contribution in [3.63, 3.8) is 0 Å². The average molecular weight is 420 g/mol. The van der Waals surface area contributed by atoms with Crippen LogP contribution in [0.1, 0.15) is 51.9 Å². The second-order valence-corrected chi connectivity index (χ2v) is 7.55. The van der Waals surface area contributed by atoms with Gasteiger partial charge in [-0.15, -0.1) is 24.0 Å². The first-order valence-electron chi connectivity index (χ1n) is 8.81. The lowest BCUT2D eigenvalue weighted by atomic mass is 9.86. The molecule has 2 aliphatic carbocycles. The van der Waals surface area contributed by atoms with Gasteiger partial charge in [0, 0.05) is 38.8 Å². The standard InChI is InChI=1S/C17H32N4.HI/c1-14(20(3)15-6-7-15)12-19-16(18-2)21-11-10-17(13-21)8-4-5-9-17;/h14-15H,4-13H2,1-3H3,(H,18,19);1H. The summed E-state index contributed by atoms with van der Waals surface area (Å²) in [4.78, 5) is 9.54. The van der Waals surface area contributed by atoms with E-state index in [0.29, 0.717) is 11.5 Å². The summed E-state index contributed by atoms with van der Waals surface area (Å²) in [5.74, 6) is 1.12. The van der Waals surface area contributed by atoms with Gasteiger partial charge in [0.15, 0.2) is 5.96 Å². The van der Waals surface area contributed by atoms with Crippen molar-refractivity contribution >= 4 is 29.9 Å². The quantitative estimate of drug-likeness (QED) is 0.431. The first-order chi connectivity index (χ1) is 10.1. The molecule has 1 spiro atoms. The maximum atomic E-state index is 4.53. The Balaban J connectivity index is 0.00000176. The highest BCUT2D eigenvalue weighted by Gasteiger charge is 2.41. The van der Waals surface area contributed by atoms with Crippen LogP contribution < -0.4 is 5.32 Å². The maximum Gasteiger partial charge on any atom is 0.193 e. The predicted octanol–water partition coefficient (Wildman–Crippen LogP) is 2.93. The molecule has 0 bridgehead atoms. The fourth-order valence-electron chi connectivity index (χ4n) is 4.21. The van der Waals surface area contributed by atoms with E-state index in [9.17, 15) is 0 Å². The SMILES string of the molecule is CN=C(NCC(C)N(C)C1CC1)N1CCC2(CCCC2)C1.I. The van der Waals surface area contributed by atoms with Crippen LogP contribution in [0.25, 0.3) is 0 Å². The highest BCUT2D eigenvalue weighted by molar-refractivity contribution is 14.0. The first-order valence-corrected chi connectivity index (χ1v) is 8.81. The van der Waals surface area contributed by atoms with E-state index in [-0.39, 0.29) is 24.0 Å². The topological polar surface area (TPSA) is 30.9 Å². The van der Waals surface area contributed by atoms with E-state index >= 15 is 0 Å². The van der Waals surface area contributed by atoms with Gasteiger partial charge in [-0.1, -0.05) is 12.8 Å². The fraction of sp³-hybridized carbons (Fsp3) is 0.941. The third-order valence-corrected chi connectivity index (χ3v) is 5.99. The summed E-state index contributed by atoms with van der Waals surface area (Å²) in [5, 5.41) is 3.62. The highest BCUT2D eigenvalue weighted by atomic mass is 127. The second-order valence-electron chi connectivity index (χ2n) is 7.55. The molecule has 1 heterocycles. The Morgan fingerprint density at radius 1 is 1.32 bits per heavy atom. The number of likely N-dealkylation sites (tertiary alicyclic amines) is 1. The van der Waals surface area contributed by atoms with Gasteiger partial charge >= 0.3 is 0 Å². The van der Waals surface area contributed by atoms with E-state index in [2.05, 4.69) is 34.1 Å². The second kappa shape index (κ2) is 7.69. The highest BCUT2D eigenvalue weighted by Crippen LogP contribution is 2.45. The number of nitrogens with one attached hydrogen (secondary N) is 1. The van der Waals surface area contributed by atoms with Crippen LogP contribution in [0.5, 0.6) is 0 Å². The van der Waals surface area contributed by atoms with Crippen LogP contribution in [-0.4, -0.2) is 61.6 Å². The molecule has 0 radical (unpaired) electrons. The zero-order valence-electron chi connectivity index (χ0n) is 14.5. The Morgan fingerprint density at radius 3 is 2.59 bits per heavy atom. The Bertz CT molecular complexity index is 388. The number of hydrogen-bond acceptors (Lipinski definition) is 2. The number of hydrogen-bond donors (Lipinski definition) is 1. The van der Waals surface area contributed by atoms with E-state index in [4.69, 9.17) is 0 Å². The molecule has 1 atom stereocenters. The molecule has 0 aromatic rings. The summed E-state index contributed by atoms with van der Waals surface area (Å²) in [5.41, 5.74) is 0.619. The lowest BCUT2D eigenvalue weighted by Crippen LogP contribution is -2.47. The molecule has 0 amide bonds. The predicted molar refractivity (Wildman–Crippen MR) is 104 cm³/mol. The summed E-state index contributed by atoms with van der Waals surface area (Å²) in [6, 6.07) is 1.41. The summed E-state index contributed by atoms with van der Waals surface area (Å²) >= 11 is 0. The zero-order valence-corrected chi connectivity index (χ0v) is 16.8. The number of halogens is 1. The molecule has 0 aromatic carbocycles. The molecule has 1 aliphatic heterocycles. The van der Waals surface area contributed by atoms with Gasteiger partial charge in [0.05, 0.1) is 0 Å². The largest absolute Gasteiger partial charge is 0.355 e. The van der Waals surface area contributed by atoms with Crippen LogP contribution in [0.3, 0.4) is 0 Å².